The van der Waals surface area contributed by atoms with E-state index in [2.05, 4.69) is 46.6 Å². The molecule has 3 heterocycles. The lowest BCUT2D eigenvalue weighted by Gasteiger charge is -2.09. The minimum Gasteiger partial charge on any atom is -0.459 e. The molecule has 0 bridgehead atoms. The van der Waals surface area contributed by atoms with Gasteiger partial charge in [0.1, 0.15) is 11.6 Å². The van der Waals surface area contributed by atoms with Crippen LogP contribution in [-0.4, -0.2) is 20.7 Å². The van der Waals surface area contributed by atoms with Crippen molar-refractivity contribution in [3.05, 3.63) is 76.6 Å². The maximum Gasteiger partial charge on any atom is 0.231 e. The lowest BCUT2D eigenvalue weighted by Crippen LogP contribution is -2.18. The Morgan fingerprint density at radius 3 is 2.66 bits per heavy atom. The number of amides is 1. The lowest BCUT2D eigenvalue weighted by molar-refractivity contribution is -0.115. The van der Waals surface area contributed by atoms with E-state index in [9.17, 15) is 4.79 Å². The van der Waals surface area contributed by atoms with Crippen LogP contribution >= 0.6 is 11.3 Å². The Balaban J connectivity index is 1.39. The fourth-order valence-electron chi connectivity index (χ4n) is 3.02. The van der Waals surface area contributed by atoms with Gasteiger partial charge in [-0.2, -0.15) is 5.10 Å². The van der Waals surface area contributed by atoms with Crippen molar-refractivity contribution in [2.45, 2.75) is 33.2 Å². The molecule has 1 amide bonds. The van der Waals surface area contributed by atoms with Crippen LogP contribution in [0.1, 0.15) is 29.5 Å². The maximum absolute atomic E-state index is 12.5. The van der Waals surface area contributed by atoms with Crippen molar-refractivity contribution in [1.82, 2.24) is 14.8 Å². The number of hydrogen-bond donors (Lipinski definition) is 1. The zero-order chi connectivity index (χ0) is 20.2. The molecule has 0 atom stereocenters. The van der Waals surface area contributed by atoms with Crippen molar-refractivity contribution in [3.63, 3.8) is 0 Å². The summed E-state index contributed by atoms with van der Waals surface area (Å²) >= 11 is 1.47. The molecule has 0 aliphatic carbocycles. The molecule has 4 rings (SSSR count). The molecule has 29 heavy (non-hydrogen) atoms. The second-order valence-corrected chi connectivity index (χ2v) is 7.68. The highest BCUT2D eigenvalue weighted by Crippen LogP contribution is 2.25. The molecule has 0 unspecified atom stereocenters. The minimum atomic E-state index is -0.124. The number of furan rings is 1. The first-order valence-electron chi connectivity index (χ1n) is 9.51. The van der Waals surface area contributed by atoms with E-state index in [0.717, 1.165) is 34.2 Å². The standard InChI is InChI=1S/C22H22N4O2S/c1-3-16-5-7-17(8-6-16)13-26-20(10-11-23-26)25-21(27)12-18-14-29-22(24-18)19-9-4-15(2)28-19/h4-11,14H,3,12-13H2,1-2H3,(H,25,27). The topological polar surface area (TPSA) is 73.0 Å². The molecule has 6 nitrogen and oxygen atoms in total. The number of rotatable bonds is 7. The number of thiazole rings is 1. The predicted molar refractivity (Wildman–Crippen MR) is 114 cm³/mol. The van der Waals surface area contributed by atoms with Gasteiger partial charge in [-0.05, 0) is 36.6 Å². The summed E-state index contributed by atoms with van der Waals surface area (Å²) in [4.78, 5) is 17.0. The first-order chi connectivity index (χ1) is 14.1. The van der Waals surface area contributed by atoms with E-state index in [-0.39, 0.29) is 12.3 Å². The third-order valence-electron chi connectivity index (χ3n) is 4.59. The largest absolute Gasteiger partial charge is 0.459 e. The Kier molecular flexibility index (Phi) is 5.57. The van der Waals surface area contributed by atoms with Crippen LogP contribution in [0.3, 0.4) is 0 Å². The summed E-state index contributed by atoms with van der Waals surface area (Å²) in [5, 5.41) is 9.94. The van der Waals surface area contributed by atoms with Gasteiger partial charge in [0.15, 0.2) is 10.8 Å². The Labute approximate surface area is 173 Å². The van der Waals surface area contributed by atoms with Crippen LogP contribution in [0.4, 0.5) is 5.82 Å². The van der Waals surface area contributed by atoms with Crippen molar-refractivity contribution >= 4 is 23.1 Å². The molecular formula is C22H22N4O2S. The highest BCUT2D eigenvalue weighted by molar-refractivity contribution is 7.13. The van der Waals surface area contributed by atoms with Gasteiger partial charge in [0.05, 0.1) is 24.9 Å². The molecular weight excluding hydrogens is 384 g/mol. The van der Waals surface area contributed by atoms with Gasteiger partial charge in [-0.25, -0.2) is 9.67 Å². The van der Waals surface area contributed by atoms with Gasteiger partial charge >= 0.3 is 0 Å². The van der Waals surface area contributed by atoms with E-state index in [1.165, 1.54) is 16.9 Å². The summed E-state index contributed by atoms with van der Waals surface area (Å²) < 4.78 is 7.38. The van der Waals surface area contributed by atoms with Crippen LogP contribution in [0.15, 0.2) is 58.5 Å². The highest BCUT2D eigenvalue weighted by Gasteiger charge is 2.13. The van der Waals surface area contributed by atoms with Gasteiger partial charge in [0.2, 0.25) is 5.91 Å². The van der Waals surface area contributed by atoms with Crippen LogP contribution in [-0.2, 0) is 24.2 Å². The van der Waals surface area contributed by atoms with Crippen LogP contribution < -0.4 is 5.32 Å². The summed E-state index contributed by atoms with van der Waals surface area (Å²) in [7, 11) is 0. The second kappa shape index (κ2) is 8.45. The summed E-state index contributed by atoms with van der Waals surface area (Å²) in [6.45, 7) is 4.63. The summed E-state index contributed by atoms with van der Waals surface area (Å²) in [6, 6.07) is 14.0. The van der Waals surface area contributed by atoms with Gasteiger partial charge in [0.25, 0.3) is 0 Å². The van der Waals surface area contributed by atoms with Crippen molar-refractivity contribution in [3.8, 4) is 10.8 Å². The first-order valence-corrected chi connectivity index (χ1v) is 10.4. The van der Waals surface area contributed by atoms with Crippen molar-refractivity contribution in [2.75, 3.05) is 5.32 Å². The number of aryl methyl sites for hydroxylation is 2. The van der Waals surface area contributed by atoms with Gasteiger partial charge in [-0.1, -0.05) is 31.2 Å². The van der Waals surface area contributed by atoms with E-state index < -0.39 is 0 Å². The van der Waals surface area contributed by atoms with Crippen LogP contribution in [0.5, 0.6) is 0 Å². The summed E-state index contributed by atoms with van der Waals surface area (Å²) in [5.74, 6) is 2.12. The van der Waals surface area contributed by atoms with E-state index in [4.69, 9.17) is 4.42 Å². The quantitative estimate of drug-likeness (QED) is 0.483. The number of benzene rings is 1. The van der Waals surface area contributed by atoms with Crippen molar-refractivity contribution in [1.29, 1.82) is 0 Å². The monoisotopic (exact) mass is 406 g/mol. The highest BCUT2D eigenvalue weighted by atomic mass is 32.1. The molecule has 4 aromatic rings. The summed E-state index contributed by atoms with van der Waals surface area (Å²) in [5.41, 5.74) is 3.16. The molecule has 7 heteroatoms. The lowest BCUT2D eigenvalue weighted by atomic mass is 10.1. The Morgan fingerprint density at radius 1 is 1.14 bits per heavy atom. The zero-order valence-electron chi connectivity index (χ0n) is 16.4. The van der Waals surface area contributed by atoms with E-state index in [1.54, 1.807) is 16.9 Å². The molecule has 0 saturated carbocycles. The third-order valence-corrected chi connectivity index (χ3v) is 5.50. The Morgan fingerprint density at radius 2 is 1.93 bits per heavy atom. The first kappa shape index (κ1) is 19.1. The molecule has 0 aliphatic heterocycles. The smallest absolute Gasteiger partial charge is 0.231 e. The molecule has 148 valence electrons. The molecule has 1 N–H and O–H groups in total. The maximum atomic E-state index is 12.5. The van der Waals surface area contributed by atoms with Crippen LogP contribution in [0.25, 0.3) is 10.8 Å². The van der Waals surface area contributed by atoms with Crippen LogP contribution in [0.2, 0.25) is 0 Å². The van der Waals surface area contributed by atoms with Gasteiger partial charge in [-0.15, -0.1) is 11.3 Å². The number of aromatic nitrogens is 3. The van der Waals surface area contributed by atoms with Gasteiger partial charge in [-0.3, -0.25) is 4.79 Å². The Bertz CT molecular complexity index is 1110. The average molecular weight is 407 g/mol. The number of nitrogens with zero attached hydrogens (tertiary/aromatic N) is 3. The van der Waals surface area contributed by atoms with E-state index in [0.29, 0.717) is 12.4 Å². The van der Waals surface area contributed by atoms with Gasteiger partial charge in [0, 0.05) is 11.4 Å². The molecule has 1 aromatic carbocycles. The molecule has 0 spiro atoms. The normalized spacial score (nSPS) is 11.0. The number of carbonyl (C=O) groups excluding carboxylic acids is 1. The van der Waals surface area contributed by atoms with E-state index >= 15 is 0 Å². The van der Waals surface area contributed by atoms with Crippen molar-refractivity contribution < 1.29 is 9.21 Å². The molecule has 0 aliphatic rings. The van der Waals surface area contributed by atoms with Gasteiger partial charge < -0.3 is 9.73 Å². The molecule has 3 aromatic heterocycles. The third kappa shape index (κ3) is 4.63. The predicted octanol–water partition coefficient (Wildman–Crippen LogP) is 4.70. The average Bonchev–Trinajstić information content (AvgIpc) is 3.45. The number of hydrogen-bond acceptors (Lipinski definition) is 5. The fraction of sp³-hybridized carbons (Fsp3) is 0.227. The zero-order valence-corrected chi connectivity index (χ0v) is 17.2. The van der Waals surface area contributed by atoms with E-state index in [1.807, 2.05) is 24.4 Å². The SMILES string of the molecule is CCc1ccc(Cn2nccc2NC(=O)Cc2csc(-c3ccc(C)o3)n2)cc1. The molecule has 0 radical (unpaired) electrons. The Hall–Kier alpha value is -3.19. The minimum absolute atomic E-state index is 0.124. The molecule has 0 fully saturated rings. The fourth-order valence-corrected chi connectivity index (χ4v) is 3.80. The van der Waals surface area contributed by atoms with Crippen LogP contribution in [0, 0.1) is 6.92 Å². The summed E-state index contributed by atoms with van der Waals surface area (Å²) in [6.07, 6.45) is 2.91. The second-order valence-electron chi connectivity index (χ2n) is 6.82. The number of nitrogens with one attached hydrogen (secondary N) is 1. The molecule has 0 saturated heterocycles. The number of carbonyl (C=O) groups is 1. The number of anilines is 1. The van der Waals surface area contributed by atoms with Crippen molar-refractivity contribution in [2.24, 2.45) is 0 Å².